The number of carbonyl (C=O) groups is 1. The van der Waals surface area contributed by atoms with Crippen molar-refractivity contribution in [3.05, 3.63) is 40.6 Å². The number of rotatable bonds is 4. The van der Waals surface area contributed by atoms with Gasteiger partial charge in [0, 0.05) is 17.7 Å². The smallest absolute Gasteiger partial charge is 0.343 e. The lowest BCUT2D eigenvalue weighted by Crippen LogP contribution is -2.60. The first kappa shape index (κ1) is 24.3. The molecule has 13 nitrogen and oxygen atoms in total. The Balaban J connectivity index is 1.80. The second-order valence-corrected chi connectivity index (χ2v) is 7.65. The van der Waals surface area contributed by atoms with Crippen LogP contribution in [0.3, 0.4) is 0 Å². The molecule has 0 radical (unpaired) electrons. The molecule has 1 fully saturated rings. The van der Waals surface area contributed by atoms with Gasteiger partial charge in [0.1, 0.15) is 35.2 Å². The Bertz CT molecular complexity index is 1350. The summed E-state index contributed by atoms with van der Waals surface area (Å²) in [6.07, 6.45) is -9.92. The third kappa shape index (κ3) is 4.22. The molecule has 1 aliphatic rings. The lowest BCUT2D eigenvalue weighted by atomic mass is 9.99. The number of ether oxygens (including phenoxy) is 3. The number of carbonyl (C=O) groups excluding carboxylic acids is 1. The van der Waals surface area contributed by atoms with Crippen molar-refractivity contribution in [1.82, 2.24) is 0 Å². The molecule has 2 heterocycles. The van der Waals surface area contributed by atoms with Crippen LogP contribution in [-0.2, 0) is 9.53 Å². The summed E-state index contributed by atoms with van der Waals surface area (Å²) < 4.78 is 20.5. The zero-order valence-corrected chi connectivity index (χ0v) is 17.9. The molecule has 35 heavy (non-hydrogen) atoms. The highest BCUT2D eigenvalue weighted by Gasteiger charge is 2.47. The number of hydrogen-bond donors (Lipinski definition) is 7. The van der Waals surface area contributed by atoms with E-state index in [1.807, 2.05) is 0 Å². The van der Waals surface area contributed by atoms with Crippen molar-refractivity contribution in [2.75, 3.05) is 7.11 Å². The van der Waals surface area contributed by atoms with Crippen molar-refractivity contribution in [3.63, 3.8) is 0 Å². The van der Waals surface area contributed by atoms with E-state index in [1.165, 1.54) is 25.3 Å². The van der Waals surface area contributed by atoms with Crippen molar-refractivity contribution in [2.45, 2.75) is 30.7 Å². The van der Waals surface area contributed by atoms with Crippen molar-refractivity contribution in [3.8, 4) is 40.1 Å². The zero-order valence-electron chi connectivity index (χ0n) is 17.9. The van der Waals surface area contributed by atoms with Crippen LogP contribution in [0.2, 0.25) is 0 Å². The quantitative estimate of drug-likeness (QED) is 0.177. The Morgan fingerprint density at radius 1 is 0.914 bits per heavy atom. The third-order valence-electron chi connectivity index (χ3n) is 5.40. The molecule has 1 aliphatic heterocycles. The van der Waals surface area contributed by atoms with E-state index in [0.29, 0.717) is 6.07 Å². The summed E-state index contributed by atoms with van der Waals surface area (Å²) in [4.78, 5) is 25.4. The first-order valence-electron chi connectivity index (χ1n) is 10.0. The van der Waals surface area contributed by atoms with Gasteiger partial charge in [-0.15, -0.1) is 0 Å². The van der Waals surface area contributed by atoms with E-state index >= 15 is 0 Å². The number of methoxy groups -OCH3 is 1. The minimum Gasteiger partial charge on any atom is -0.507 e. The van der Waals surface area contributed by atoms with Crippen LogP contribution in [0.25, 0.3) is 22.3 Å². The molecule has 1 saturated heterocycles. The van der Waals surface area contributed by atoms with Gasteiger partial charge in [0.25, 0.3) is 0 Å². The molecule has 0 aliphatic carbocycles. The molecule has 0 unspecified atom stereocenters. The first-order chi connectivity index (χ1) is 16.5. The van der Waals surface area contributed by atoms with Gasteiger partial charge in [-0.2, -0.15) is 0 Å². The number of benzene rings is 2. The summed E-state index contributed by atoms with van der Waals surface area (Å²) >= 11 is 0. The molecule has 5 atom stereocenters. The summed E-state index contributed by atoms with van der Waals surface area (Å²) in [5, 5.41) is 69.1. The van der Waals surface area contributed by atoms with Crippen molar-refractivity contribution in [2.24, 2.45) is 0 Å². The number of aliphatic hydroxyl groups is 4. The van der Waals surface area contributed by atoms with E-state index in [4.69, 9.17) is 18.6 Å². The highest BCUT2D eigenvalue weighted by atomic mass is 16.7. The highest BCUT2D eigenvalue weighted by Crippen LogP contribution is 2.41. The average molecular weight is 492 g/mol. The number of phenols is 3. The van der Waals surface area contributed by atoms with Crippen LogP contribution in [0.15, 0.2) is 39.5 Å². The predicted octanol–water partition coefficient (Wildman–Crippen LogP) is -0.709. The maximum atomic E-state index is 12.7. The predicted molar refractivity (Wildman–Crippen MR) is 114 cm³/mol. The second kappa shape index (κ2) is 9.05. The second-order valence-electron chi connectivity index (χ2n) is 7.65. The third-order valence-corrected chi connectivity index (χ3v) is 5.40. The van der Waals surface area contributed by atoms with Gasteiger partial charge < -0.3 is 54.4 Å². The fourth-order valence-corrected chi connectivity index (χ4v) is 3.58. The van der Waals surface area contributed by atoms with Gasteiger partial charge >= 0.3 is 5.97 Å². The molecule has 0 spiro atoms. The molecule has 3 aromatic rings. The minimum absolute atomic E-state index is 0.141. The molecule has 2 aromatic carbocycles. The Hall–Kier alpha value is -3.88. The van der Waals surface area contributed by atoms with Crippen LogP contribution < -0.4 is 14.9 Å². The van der Waals surface area contributed by atoms with Crippen LogP contribution in [-0.4, -0.2) is 79.5 Å². The molecule has 13 heteroatoms. The molecule has 0 amide bonds. The molecule has 0 saturated carbocycles. The lowest BCUT2D eigenvalue weighted by molar-refractivity contribution is -0.279. The summed E-state index contributed by atoms with van der Waals surface area (Å²) in [5.74, 6) is -4.00. The number of phenolic OH excluding ortho intramolecular Hbond substituents is 3. The first-order valence-corrected chi connectivity index (χ1v) is 10.0. The van der Waals surface area contributed by atoms with Crippen LogP contribution in [0.5, 0.6) is 28.7 Å². The van der Waals surface area contributed by atoms with Gasteiger partial charge in [-0.1, -0.05) is 0 Å². The van der Waals surface area contributed by atoms with Crippen LogP contribution >= 0.6 is 0 Å². The molecule has 186 valence electrons. The SMILES string of the molecule is COc1ccc(-c2cc(=O)c3c(O)cc(O)c(OC(=O)[C@H]4O[C@@H](O)[C@H](O)[C@@H](O)[C@@H]4O)c3o2)cc1O. The van der Waals surface area contributed by atoms with Gasteiger partial charge in [-0.25, -0.2) is 4.79 Å². The maximum Gasteiger partial charge on any atom is 0.343 e. The molecular weight excluding hydrogens is 472 g/mol. The lowest BCUT2D eigenvalue weighted by Gasteiger charge is -2.36. The monoisotopic (exact) mass is 492 g/mol. The van der Waals surface area contributed by atoms with Gasteiger partial charge in [0.15, 0.2) is 40.7 Å². The van der Waals surface area contributed by atoms with Crippen molar-refractivity contribution < 1.29 is 59.2 Å². The van der Waals surface area contributed by atoms with Crippen LogP contribution in [0, 0.1) is 0 Å². The Morgan fingerprint density at radius 2 is 1.63 bits per heavy atom. The summed E-state index contributed by atoms with van der Waals surface area (Å²) in [6, 6.07) is 5.76. The molecule has 1 aromatic heterocycles. The largest absolute Gasteiger partial charge is 0.507 e. The Morgan fingerprint density at radius 3 is 2.29 bits per heavy atom. The maximum absolute atomic E-state index is 12.7. The number of fused-ring (bicyclic) bond motifs is 1. The number of aromatic hydroxyl groups is 3. The summed E-state index contributed by atoms with van der Waals surface area (Å²) in [5.41, 5.74) is -1.18. The van der Waals surface area contributed by atoms with Gasteiger partial charge in [-0.3, -0.25) is 4.79 Å². The van der Waals surface area contributed by atoms with Crippen LogP contribution in [0.4, 0.5) is 0 Å². The summed E-state index contributed by atoms with van der Waals surface area (Å²) in [7, 11) is 1.34. The Labute approximate surface area is 195 Å². The fourth-order valence-electron chi connectivity index (χ4n) is 3.58. The van der Waals surface area contributed by atoms with E-state index in [2.05, 4.69) is 0 Å². The average Bonchev–Trinajstić information content (AvgIpc) is 2.81. The van der Waals surface area contributed by atoms with E-state index < -0.39 is 70.3 Å². The Kier molecular flexibility index (Phi) is 6.27. The fraction of sp³-hybridized carbons (Fsp3) is 0.273. The van der Waals surface area contributed by atoms with E-state index in [1.54, 1.807) is 0 Å². The standard InChI is InChI=1S/C22H20O13/c1-32-12-3-2-7(4-8(12)23)13-6-10(25)14-9(24)5-11(26)18(19(14)33-13)34-22(31)20-16(28)15(27)17(29)21(30)35-20/h2-6,15-17,20-21,23-24,26-30H,1H3/t15-,16-,17+,20-,21+/m0/s1. The molecular formula is C22H20O13. The molecule has 4 rings (SSSR count). The number of esters is 1. The molecule has 0 bridgehead atoms. The van der Waals surface area contributed by atoms with Gasteiger partial charge in [-0.05, 0) is 18.2 Å². The normalized spacial score (nSPS) is 24.3. The number of aliphatic hydroxyl groups excluding tert-OH is 4. The topological polar surface area (TPSA) is 217 Å². The highest BCUT2D eigenvalue weighted by molar-refractivity contribution is 5.94. The van der Waals surface area contributed by atoms with Crippen molar-refractivity contribution in [1.29, 1.82) is 0 Å². The summed E-state index contributed by atoms with van der Waals surface area (Å²) in [6.45, 7) is 0. The van der Waals surface area contributed by atoms with Gasteiger partial charge in [0.05, 0.1) is 7.11 Å². The molecule has 7 N–H and O–H groups in total. The van der Waals surface area contributed by atoms with Gasteiger partial charge in [0.2, 0.25) is 5.75 Å². The van der Waals surface area contributed by atoms with E-state index in [9.17, 15) is 45.3 Å². The van der Waals surface area contributed by atoms with Crippen molar-refractivity contribution >= 4 is 16.9 Å². The zero-order chi connectivity index (χ0) is 25.6. The van der Waals surface area contributed by atoms with Crippen LogP contribution in [0.1, 0.15) is 0 Å². The number of hydrogen-bond acceptors (Lipinski definition) is 13. The minimum atomic E-state index is -2.04. The van der Waals surface area contributed by atoms with E-state index in [0.717, 1.165) is 6.07 Å². The van der Waals surface area contributed by atoms with E-state index in [-0.39, 0.29) is 22.8 Å².